The predicted octanol–water partition coefficient (Wildman–Crippen LogP) is 1.28. The molecule has 1 aromatic carbocycles. The molecule has 0 unspecified atom stereocenters. The summed E-state index contributed by atoms with van der Waals surface area (Å²) in [5, 5.41) is 7.42. The van der Waals surface area contributed by atoms with Gasteiger partial charge in [0, 0.05) is 36.7 Å². The van der Waals surface area contributed by atoms with Crippen molar-refractivity contribution in [2.45, 2.75) is 19.9 Å². The highest BCUT2D eigenvalue weighted by molar-refractivity contribution is 6.35. The number of ketones is 1. The lowest BCUT2D eigenvalue weighted by atomic mass is 10.0. The molecule has 2 aliphatic heterocycles. The molecule has 7 heteroatoms. The van der Waals surface area contributed by atoms with Crippen molar-refractivity contribution in [3.63, 3.8) is 0 Å². The lowest BCUT2D eigenvalue weighted by Crippen LogP contribution is -2.39. The molecule has 4 rings (SSSR count). The number of nitrogens with zero attached hydrogens (tertiary/aromatic N) is 2. The Morgan fingerprint density at radius 3 is 2.91 bits per heavy atom. The fourth-order valence-electron chi connectivity index (χ4n) is 2.97. The molecule has 3 heterocycles. The Morgan fingerprint density at radius 1 is 1.26 bits per heavy atom. The number of hydrogen-bond acceptors (Lipinski definition) is 5. The van der Waals surface area contributed by atoms with Crippen LogP contribution in [0.2, 0.25) is 0 Å². The van der Waals surface area contributed by atoms with Gasteiger partial charge in [-0.15, -0.1) is 0 Å². The van der Waals surface area contributed by atoms with Crippen molar-refractivity contribution in [1.29, 1.82) is 0 Å². The van der Waals surface area contributed by atoms with E-state index >= 15 is 0 Å². The van der Waals surface area contributed by atoms with E-state index in [4.69, 9.17) is 9.47 Å². The van der Waals surface area contributed by atoms with Crippen molar-refractivity contribution in [3.8, 4) is 22.8 Å². The second-order valence-electron chi connectivity index (χ2n) is 5.63. The van der Waals surface area contributed by atoms with Gasteiger partial charge in [-0.05, 0) is 18.2 Å². The van der Waals surface area contributed by atoms with Crippen molar-refractivity contribution in [2.24, 2.45) is 0 Å². The molecule has 2 aliphatic rings. The topological polar surface area (TPSA) is 84.5 Å². The van der Waals surface area contributed by atoms with Gasteiger partial charge in [-0.1, -0.05) is 0 Å². The van der Waals surface area contributed by atoms with Crippen LogP contribution in [0.25, 0.3) is 11.3 Å². The molecule has 0 saturated carbocycles. The number of carbonyl (C=O) groups excluding carboxylic acids is 2. The molecular formula is C16H15N3O4. The van der Waals surface area contributed by atoms with E-state index in [-0.39, 0.29) is 6.79 Å². The summed E-state index contributed by atoms with van der Waals surface area (Å²) < 4.78 is 10.7. The molecule has 23 heavy (non-hydrogen) atoms. The van der Waals surface area contributed by atoms with Crippen LogP contribution in [-0.4, -0.2) is 40.1 Å². The molecule has 118 valence electrons. The van der Waals surface area contributed by atoms with Crippen LogP contribution in [0, 0.1) is 0 Å². The van der Waals surface area contributed by atoms with Crippen LogP contribution in [0.1, 0.15) is 18.2 Å². The first-order valence-electron chi connectivity index (χ1n) is 7.39. The minimum absolute atomic E-state index is 0.221. The molecule has 1 amide bonds. The van der Waals surface area contributed by atoms with E-state index in [9.17, 15) is 9.59 Å². The second-order valence-corrected chi connectivity index (χ2v) is 5.63. The monoisotopic (exact) mass is 313 g/mol. The van der Waals surface area contributed by atoms with Crippen LogP contribution in [-0.2, 0) is 22.6 Å². The number of amides is 1. The first-order chi connectivity index (χ1) is 11.1. The average Bonchev–Trinajstić information content (AvgIpc) is 3.18. The minimum atomic E-state index is -0.450. The maximum Gasteiger partial charge on any atom is 0.289 e. The van der Waals surface area contributed by atoms with Crippen LogP contribution in [0.5, 0.6) is 11.5 Å². The van der Waals surface area contributed by atoms with Gasteiger partial charge in [0.2, 0.25) is 12.6 Å². The Kier molecular flexibility index (Phi) is 3.07. The molecule has 1 N–H and O–H groups in total. The summed E-state index contributed by atoms with van der Waals surface area (Å²) in [6.07, 6.45) is 0.659. The molecule has 0 atom stereocenters. The normalized spacial score (nSPS) is 15.4. The van der Waals surface area contributed by atoms with Crippen LogP contribution in [0.4, 0.5) is 0 Å². The number of nitrogens with one attached hydrogen (secondary N) is 1. The fraction of sp³-hybridized carbons (Fsp3) is 0.312. The van der Waals surface area contributed by atoms with Gasteiger partial charge in [-0.3, -0.25) is 14.7 Å². The molecule has 0 spiro atoms. The van der Waals surface area contributed by atoms with E-state index in [1.165, 1.54) is 6.92 Å². The molecule has 7 nitrogen and oxygen atoms in total. The Balaban J connectivity index is 1.69. The van der Waals surface area contributed by atoms with E-state index in [1.54, 1.807) is 4.90 Å². The van der Waals surface area contributed by atoms with Gasteiger partial charge >= 0.3 is 0 Å². The molecule has 0 bridgehead atoms. The quantitative estimate of drug-likeness (QED) is 0.844. The molecule has 0 saturated heterocycles. The van der Waals surface area contributed by atoms with Crippen LogP contribution >= 0.6 is 0 Å². The van der Waals surface area contributed by atoms with Crippen LogP contribution in [0.3, 0.4) is 0 Å². The van der Waals surface area contributed by atoms with Gasteiger partial charge in [0.15, 0.2) is 11.5 Å². The first-order valence-corrected chi connectivity index (χ1v) is 7.39. The zero-order chi connectivity index (χ0) is 16.0. The van der Waals surface area contributed by atoms with E-state index in [0.29, 0.717) is 31.0 Å². The third-order valence-corrected chi connectivity index (χ3v) is 4.17. The number of H-pyrrole nitrogens is 1. The lowest BCUT2D eigenvalue weighted by Gasteiger charge is -2.26. The zero-order valence-corrected chi connectivity index (χ0v) is 12.6. The first kappa shape index (κ1) is 13.8. The summed E-state index contributed by atoms with van der Waals surface area (Å²) in [6, 6.07) is 5.64. The van der Waals surface area contributed by atoms with Crippen molar-refractivity contribution in [1.82, 2.24) is 15.1 Å². The van der Waals surface area contributed by atoms with Crippen LogP contribution < -0.4 is 9.47 Å². The Bertz CT molecular complexity index is 812. The number of rotatable bonds is 2. The molecule has 0 aliphatic carbocycles. The van der Waals surface area contributed by atoms with E-state index in [1.807, 2.05) is 18.2 Å². The van der Waals surface area contributed by atoms with Gasteiger partial charge in [0.05, 0.1) is 12.2 Å². The molecular weight excluding hydrogens is 298 g/mol. The summed E-state index contributed by atoms with van der Waals surface area (Å²) >= 11 is 0. The highest BCUT2D eigenvalue weighted by atomic mass is 16.7. The molecule has 2 aromatic rings. The Morgan fingerprint density at radius 2 is 2.09 bits per heavy atom. The summed E-state index contributed by atoms with van der Waals surface area (Å²) in [5.41, 5.74) is 3.62. The van der Waals surface area contributed by atoms with Crippen molar-refractivity contribution >= 4 is 11.7 Å². The summed E-state index contributed by atoms with van der Waals surface area (Å²) in [5.74, 6) is 0.508. The largest absolute Gasteiger partial charge is 0.454 e. The highest BCUT2D eigenvalue weighted by Crippen LogP contribution is 2.37. The number of aromatic amines is 1. The Hall–Kier alpha value is -2.83. The SMILES string of the molecule is CC(=O)C(=O)N1CCc2[nH]nc(-c3ccc4c(c3)OCO4)c2C1. The maximum atomic E-state index is 11.9. The number of benzene rings is 1. The standard InChI is InChI=1S/C16H15N3O4/c1-9(20)16(21)19-5-4-12-11(7-19)15(18-17-12)10-2-3-13-14(6-10)23-8-22-13/h2-3,6H,4-5,7-8H2,1H3,(H,17,18). The van der Waals surface area contributed by atoms with Gasteiger partial charge in [0.1, 0.15) is 0 Å². The highest BCUT2D eigenvalue weighted by Gasteiger charge is 2.28. The number of aromatic nitrogens is 2. The summed E-state index contributed by atoms with van der Waals surface area (Å²) in [6.45, 7) is 2.42. The van der Waals surface area contributed by atoms with Crippen molar-refractivity contribution in [2.75, 3.05) is 13.3 Å². The van der Waals surface area contributed by atoms with E-state index in [2.05, 4.69) is 10.2 Å². The minimum Gasteiger partial charge on any atom is -0.454 e. The van der Waals surface area contributed by atoms with Gasteiger partial charge in [0.25, 0.3) is 5.91 Å². The number of Topliss-reactive ketones (excluding diaryl/α,β-unsaturated/α-hetero) is 1. The van der Waals surface area contributed by atoms with E-state index < -0.39 is 11.7 Å². The zero-order valence-electron chi connectivity index (χ0n) is 12.6. The average molecular weight is 313 g/mol. The van der Waals surface area contributed by atoms with Gasteiger partial charge in [-0.25, -0.2) is 0 Å². The van der Waals surface area contributed by atoms with Crippen molar-refractivity contribution in [3.05, 3.63) is 29.5 Å². The Labute approximate surface area is 132 Å². The third kappa shape index (κ3) is 2.25. The van der Waals surface area contributed by atoms with Crippen molar-refractivity contribution < 1.29 is 19.1 Å². The lowest BCUT2D eigenvalue weighted by molar-refractivity contribution is -0.144. The predicted molar refractivity (Wildman–Crippen MR) is 79.9 cm³/mol. The van der Waals surface area contributed by atoms with Gasteiger partial charge < -0.3 is 14.4 Å². The molecule has 0 radical (unpaired) electrons. The summed E-state index contributed by atoms with van der Waals surface area (Å²) in [4.78, 5) is 24.8. The number of fused-ring (bicyclic) bond motifs is 2. The maximum absolute atomic E-state index is 11.9. The summed E-state index contributed by atoms with van der Waals surface area (Å²) in [7, 11) is 0. The third-order valence-electron chi connectivity index (χ3n) is 4.17. The van der Waals surface area contributed by atoms with E-state index in [0.717, 1.165) is 22.5 Å². The number of hydrogen-bond donors (Lipinski definition) is 1. The van der Waals surface area contributed by atoms with Gasteiger partial charge in [-0.2, -0.15) is 5.10 Å². The molecule has 1 aromatic heterocycles. The fourth-order valence-corrected chi connectivity index (χ4v) is 2.97. The van der Waals surface area contributed by atoms with Crippen LogP contribution in [0.15, 0.2) is 18.2 Å². The number of ether oxygens (including phenoxy) is 2. The number of carbonyl (C=O) groups is 2. The second kappa shape index (κ2) is 5.12. The smallest absolute Gasteiger partial charge is 0.289 e. The molecule has 0 fully saturated rings.